The topological polar surface area (TPSA) is 47.6 Å². The van der Waals surface area contributed by atoms with Crippen molar-refractivity contribution in [1.82, 2.24) is 0 Å². The van der Waals surface area contributed by atoms with Crippen molar-refractivity contribution in [3.63, 3.8) is 0 Å². The number of hydrogen-bond acceptors (Lipinski definition) is 0. The van der Waals surface area contributed by atoms with E-state index in [0.29, 0.717) is 0 Å². The molecule has 0 radical (unpaired) electrons. The van der Waals surface area contributed by atoms with Gasteiger partial charge in [0, 0.05) is 10.8 Å². The van der Waals surface area contributed by atoms with Gasteiger partial charge in [-0.15, -0.1) is 0 Å². The molecule has 2 aliphatic carbocycles. The minimum absolute atomic E-state index is 0.158. The zero-order valence-electron chi connectivity index (χ0n) is 22.8. The SMILES string of the molecule is CCC(C)=C([NH-])C1(C)C=C(C)C(C)=C1C.CCC(C)=C([NH-])C1(C)C=C(C)C(C)=C1C.[Cl][Zr+2][Cl]. The normalized spacial score (nSPS) is 25.8. The molecule has 0 saturated carbocycles. The summed E-state index contributed by atoms with van der Waals surface area (Å²) < 4.78 is 0. The predicted molar refractivity (Wildman–Crippen MR) is 147 cm³/mol. The van der Waals surface area contributed by atoms with E-state index < -0.39 is 20.8 Å². The minimum atomic E-state index is -0.826. The first-order valence-corrected chi connectivity index (χ1v) is 18.0. The molecule has 33 heavy (non-hydrogen) atoms. The van der Waals surface area contributed by atoms with Gasteiger partial charge in [-0.05, 0) is 93.2 Å². The Morgan fingerprint density at radius 1 is 0.727 bits per heavy atom. The molecule has 2 N–H and O–H groups in total. The second-order valence-corrected chi connectivity index (χ2v) is 13.4. The Bertz CT molecular complexity index is 844. The fourth-order valence-corrected chi connectivity index (χ4v) is 4.43. The van der Waals surface area contributed by atoms with E-state index in [9.17, 15) is 0 Å². The predicted octanol–water partition coefficient (Wildman–Crippen LogP) is 11.4. The van der Waals surface area contributed by atoms with Crippen LogP contribution in [0.25, 0.3) is 11.5 Å². The molecule has 0 bridgehead atoms. The van der Waals surface area contributed by atoms with Crippen molar-refractivity contribution in [2.45, 2.75) is 95.9 Å². The molecule has 5 heteroatoms. The van der Waals surface area contributed by atoms with Gasteiger partial charge in [0.15, 0.2) is 0 Å². The first kappa shape index (κ1) is 32.5. The summed E-state index contributed by atoms with van der Waals surface area (Å²) in [6.07, 6.45) is 6.40. The average Bonchev–Trinajstić information content (AvgIpc) is 3.11. The Kier molecular flexibility index (Phi) is 13.4. The van der Waals surface area contributed by atoms with Crippen molar-refractivity contribution in [3.05, 3.63) is 79.6 Å². The van der Waals surface area contributed by atoms with E-state index in [1.807, 2.05) is 0 Å². The monoisotopic (exact) mass is 568 g/mol. The zero-order valence-corrected chi connectivity index (χ0v) is 26.8. The van der Waals surface area contributed by atoms with Crippen molar-refractivity contribution in [2.24, 2.45) is 10.8 Å². The second kappa shape index (κ2) is 13.6. The third kappa shape index (κ3) is 7.25. The average molecular weight is 571 g/mol. The van der Waals surface area contributed by atoms with Crippen LogP contribution in [0.4, 0.5) is 0 Å². The standard InChI is InChI=1S/2C14H22N.2ClH.Zr/c2*1-7-9(2)13(15)14(6)8-10(3)11(4)12(14)5;;;/h2*8,15H,7H2,1-6H3;2*1H;/q2*-1;;;+4/p-2. The Balaban J connectivity index is 0.000000555. The molecular formula is C28H44Cl2N2Zr. The van der Waals surface area contributed by atoms with E-state index in [1.54, 1.807) is 0 Å². The van der Waals surface area contributed by atoms with Gasteiger partial charge in [-0.25, -0.2) is 0 Å². The fraction of sp³-hybridized carbons (Fsp3) is 0.571. The Morgan fingerprint density at radius 3 is 1.12 bits per heavy atom. The van der Waals surface area contributed by atoms with Gasteiger partial charge in [-0.1, -0.05) is 59.4 Å². The van der Waals surface area contributed by atoms with Gasteiger partial charge >= 0.3 is 37.9 Å². The van der Waals surface area contributed by atoms with Gasteiger partial charge in [-0.2, -0.15) is 11.4 Å². The van der Waals surface area contributed by atoms with Crippen LogP contribution < -0.4 is 0 Å². The number of allylic oxidation sites excluding steroid dienone is 8. The van der Waals surface area contributed by atoms with E-state index in [4.69, 9.17) is 28.5 Å². The molecule has 0 saturated heterocycles. The zero-order chi connectivity index (χ0) is 26.3. The quantitative estimate of drug-likeness (QED) is 0.323. The van der Waals surface area contributed by atoms with Crippen molar-refractivity contribution in [3.8, 4) is 0 Å². The Morgan fingerprint density at radius 2 is 0.970 bits per heavy atom. The molecule has 0 amide bonds. The molecule has 2 aliphatic rings. The number of hydrogen-bond donors (Lipinski definition) is 0. The van der Waals surface area contributed by atoms with Crippen molar-refractivity contribution < 1.29 is 20.8 Å². The molecule has 0 spiro atoms. The summed E-state index contributed by atoms with van der Waals surface area (Å²) in [6, 6.07) is 0. The molecule has 2 nitrogen and oxygen atoms in total. The number of rotatable bonds is 4. The summed E-state index contributed by atoms with van der Waals surface area (Å²) in [6.45, 7) is 25.6. The Labute approximate surface area is 223 Å². The third-order valence-corrected chi connectivity index (χ3v) is 7.83. The number of nitrogens with one attached hydrogen (secondary N) is 2. The van der Waals surface area contributed by atoms with Crippen LogP contribution >= 0.6 is 17.0 Å². The van der Waals surface area contributed by atoms with Gasteiger partial charge in [0.05, 0.1) is 0 Å². The molecule has 0 aliphatic heterocycles. The van der Waals surface area contributed by atoms with Crippen LogP contribution in [-0.4, -0.2) is 0 Å². The van der Waals surface area contributed by atoms with Gasteiger partial charge in [0.2, 0.25) is 0 Å². The molecule has 184 valence electrons. The molecule has 0 fully saturated rings. The van der Waals surface area contributed by atoms with Crippen LogP contribution in [0.1, 0.15) is 95.9 Å². The van der Waals surface area contributed by atoms with Crippen molar-refractivity contribution >= 4 is 17.0 Å². The van der Waals surface area contributed by atoms with E-state index in [2.05, 4.69) is 95.2 Å². The summed E-state index contributed by atoms with van der Waals surface area (Å²) in [7, 11) is 9.87. The van der Waals surface area contributed by atoms with Crippen LogP contribution in [0.5, 0.6) is 0 Å². The number of halogens is 2. The molecule has 0 aromatic heterocycles. The summed E-state index contributed by atoms with van der Waals surface area (Å²) >= 11 is -0.826. The molecule has 0 aromatic carbocycles. The van der Waals surface area contributed by atoms with Gasteiger partial charge in [0.1, 0.15) is 0 Å². The third-order valence-electron chi connectivity index (χ3n) is 7.83. The summed E-state index contributed by atoms with van der Waals surface area (Å²) in [5, 5.41) is 0. The molecule has 0 aromatic rings. The van der Waals surface area contributed by atoms with Crippen LogP contribution in [0.3, 0.4) is 0 Å². The van der Waals surface area contributed by atoms with Crippen LogP contribution in [0.15, 0.2) is 68.1 Å². The van der Waals surface area contributed by atoms with Gasteiger partial charge < -0.3 is 11.5 Å². The molecular weight excluding hydrogens is 526 g/mol. The van der Waals surface area contributed by atoms with Crippen LogP contribution in [-0.2, 0) is 20.8 Å². The van der Waals surface area contributed by atoms with Gasteiger partial charge in [-0.3, -0.25) is 0 Å². The van der Waals surface area contributed by atoms with Crippen LogP contribution in [0, 0.1) is 10.8 Å². The van der Waals surface area contributed by atoms with E-state index in [0.717, 1.165) is 24.2 Å². The summed E-state index contributed by atoms with van der Waals surface area (Å²) in [5.74, 6) is 0. The molecule has 2 unspecified atom stereocenters. The first-order chi connectivity index (χ1) is 15.1. The Hall–Kier alpha value is -0.497. The van der Waals surface area contributed by atoms with Crippen molar-refractivity contribution in [2.75, 3.05) is 0 Å². The summed E-state index contributed by atoms with van der Waals surface area (Å²) in [4.78, 5) is 0. The first-order valence-electron chi connectivity index (χ1n) is 11.7. The second-order valence-electron chi connectivity index (χ2n) is 9.65. The van der Waals surface area contributed by atoms with Gasteiger partial charge in [0.25, 0.3) is 0 Å². The molecule has 2 rings (SSSR count). The van der Waals surface area contributed by atoms with E-state index in [-0.39, 0.29) is 10.8 Å². The van der Waals surface area contributed by atoms with E-state index >= 15 is 0 Å². The van der Waals surface area contributed by atoms with Crippen LogP contribution in [0.2, 0.25) is 0 Å². The van der Waals surface area contributed by atoms with E-state index in [1.165, 1.54) is 44.6 Å². The molecule has 0 heterocycles. The maximum absolute atomic E-state index is 8.28. The molecule has 2 atom stereocenters. The van der Waals surface area contributed by atoms with Crippen molar-refractivity contribution in [1.29, 1.82) is 0 Å². The fourth-order valence-electron chi connectivity index (χ4n) is 4.43. The maximum atomic E-state index is 8.28. The summed E-state index contributed by atoms with van der Waals surface area (Å²) in [5.41, 5.74) is 28.2.